The summed E-state index contributed by atoms with van der Waals surface area (Å²) in [5, 5.41) is 0. The van der Waals surface area contributed by atoms with E-state index in [1.165, 1.54) is 6.07 Å². The Morgan fingerprint density at radius 3 is 2.56 bits per heavy atom. The van der Waals surface area contributed by atoms with E-state index in [0.717, 1.165) is 57.5 Å². The standard InChI is InChI=1S/C18H24N6O/c1-21-17(20-7-5-18(21)25)14-22-12-15(13-22)23-8-10-24(11-9-23)16-4-2-3-6-19-16/h2-7,15H,8-14H2,1H3. The summed E-state index contributed by atoms with van der Waals surface area (Å²) in [5.41, 5.74) is 0.00715. The number of hydrogen-bond acceptors (Lipinski definition) is 6. The van der Waals surface area contributed by atoms with E-state index >= 15 is 0 Å². The highest BCUT2D eigenvalue weighted by Gasteiger charge is 2.33. The van der Waals surface area contributed by atoms with Gasteiger partial charge in [0.25, 0.3) is 5.56 Å². The van der Waals surface area contributed by atoms with E-state index in [4.69, 9.17) is 0 Å². The van der Waals surface area contributed by atoms with Crippen molar-refractivity contribution in [3.8, 4) is 0 Å². The van der Waals surface area contributed by atoms with Gasteiger partial charge in [0.1, 0.15) is 11.6 Å². The van der Waals surface area contributed by atoms with Crippen molar-refractivity contribution in [3.05, 3.63) is 52.8 Å². The van der Waals surface area contributed by atoms with Crippen molar-refractivity contribution in [2.75, 3.05) is 44.2 Å². The van der Waals surface area contributed by atoms with Crippen LogP contribution in [0.1, 0.15) is 5.82 Å². The van der Waals surface area contributed by atoms with E-state index in [-0.39, 0.29) is 5.56 Å². The van der Waals surface area contributed by atoms with E-state index in [2.05, 4.69) is 30.7 Å². The maximum atomic E-state index is 11.7. The van der Waals surface area contributed by atoms with Gasteiger partial charge in [-0.15, -0.1) is 0 Å². The van der Waals surface area contributed by atoms with Crippen LogP contribution in [-0.4, -0.2) is 69.6 Å². The van der Waals surface area contributed by atoms with Gasteiger partial charge in [0.05, 0.1) is 6.54 Å². The molecule has 2 fully saturated rings. The Morgan fingerprint density at radius 2 is 1.84 bits per heavy atom. The molecule has 25 heavy (non-hydrogen) atoms. The zero-order valence-corrected chi connectivity index (χ0v) is 14.6. The van der Waals surface area contributed by atoms with Crippen LogP contribution in [0.2, 0.25) is 0 Å². The summed E-state index contributed by atoms with van der Waals surface area (Å²) in [6.07, 6.45) is 3.46. The van der Waals surface area contributed by atoms with Crippen molar-refractivity contribution in [1.82, 2.24) is 24.3 Å². The molecule has 2 aromatic rings. The molecule has 4 heterocycles. The highest BCUT2D eigenvalue weighted by Crippen LogP contribution is 2.20. The third-order valence-corrected chi connectivity index (χ3v) is 5.27. The number of rotatable bonds is 4. The number of aromatic nitrogens is 3. The number of nitrogens with zero attached hydrogens (tertiary/aromatic N) is 6. The Hall–Kier alpha value is -2.25. The zero-order chi connectivity index (χ0) is 17.2. The fraction of sp³-hybridized carbons (Fsp3) is 0.500. The maximum absolute atomic E-state index is 11.7. The molecule has 4 rings (SSSR count). The minimum atomic E-state index is 0.00715. The Morgan fingerprint density at radius 1 is 1.04 bits per heavy atom. The lowest BCUT2D eigenvalue weighted by Gasteiger charge is -2.48. The van der Waals surface area contributed by atoms with Gasteiger partial charge in [-0.2, -0.15) is 0 Å². The van der Waals surface area contributed by atoms with Crippen LogP contribution < -0.4 is 10.5 Å². The average molecular weight is 340 g/mol. The Bertz CT molecular complexity index is 763. The summed E-state index contributed by atoms with van der Waals surface area (Å²) in [4.78, 5) is 27.7. The van der Waals surface area contributed by atoms with E-state index in [9.17, 15) is 4.79 Å². The molecule has 0 unspecified atom stereocenters. The predicted molar refractivity (Wildman–Crippen MR) is 96.6 cm³/mol. The molecule has 0 spiro atoms. The molecule has 7 heteroatoms. The first-order valence-corrected chi connectivity index (χ1v) is 8.84. The molecule has 2 aliphatic rings. The molecule has 0 radical (unpaired) electrons. The van der Waals surface area contributed by atoms with Gasteiger partial charge in [0.15, 0.2) is 0 Å². The molecular weight excluding hydrogens is 316 g/mol. The minimum Gasteiger partial charge on any atom is -0.354 e. The number of anilines is 1. The van der Waals surface area contributed by atoms with Crippen molar-refractivity contribution < 1.29 is 0 Å². The average Bonchev–Trinajstić information content (AvgIpc) is 2.62. The van der Waals surface area contributed by atoms with Gasteiger partial charge in [0, 0.05) is 70.8 Å². The van der Waals surface area contributed by atoms with Crippen molar-refractivity contribution in [2.45, 2.75) is 12.6 Å². The minimum absolute atomic E-state index is 0.00715. The Balaban J connectivity index is 1.26. The topological polar surface area (TPSA) is 57.5 Å². The summed E-state index contributed by atoms with van der Waals surface area (Å²) < 4.78 is 1.64. The van der Waals surface area contributed by atoms with Crippen LogP contribution in [0.25, 0.3) is 0 Å². The molecule has 0 N–H and O–H groups in total. The molecule has 0 saturated carbocycles. The lowest BCUT2D eigenvalue weighted by Crippen LogP contribution is -2.62. The zero-order valence-electron chi connectivity index (χ0n) is 14.6. The summed E-state index contributed by atoms with van der Waals surface area (Å²) >= 11 is 0. The highest BCUT2D eigenvalue weighted by molar-refractivity contribution is 5.38. The second kappa shape index (κ2) is 6.93. The monoisotopic (exact) mass is 340 g/mol. The SMILES string of the molecule is Cn1c(CN2CC(N3CCN(c4ccccn4)CC3)C2)nccc1=O. The normalized spacial score (nSPS) is 19.8. The molecular formula is C18H24N6O. The first-order chi connectivity index (χ1) is 12.2. The predicted octanol–water partition coefficient (Wildman–Crippen LogP) is 0.182. The van der Waals surface area contributed by atoms with E-state index in [1.54, 1.807) is 17.8 Å². The maximum Gasteiger partial charge on any atom is 0.253 e. The van der Waals surface area contributed by atoms with Crippen LogP contribution in [0.5, 0.6) is 0 Å². The lowest BCUT2D eigenvalue weighted by atomic mass is 10.1. The molecule has 0 atom stereocenters. The third-order valence-electron chi connectivity index (χ3n) is 5.27. The highest BCUT2D eigenvalue weighted by atomic mass is 16.1. The molecule has 132 valence electrons. The van der Waals surface area contributed by atoms with Gasteiger partial charge < -0.3 is 4.90 Å². The summed E-state index contributed by atoms with van der Waals surface area (Å²) in [7, 11) is 1.79. The van der Waals surface area contributed by atoms with Gasteiger partial charge in [-0.25, -0.2) is 9.97 Å². The summed E-state index contributed by atoms with van der Waals surface area (Å²) in [6, 6.07) is 8.21. The van der Waals surface area contributed by atoms with E-state index < -0.39 is 0 Å². The molecule has 0 amide bonds. The van der Waals surface area contributed by atoms with Crippen LogP contribution in [0.15, 0.2) is 41.5 Å². The third kappa shape index (κ3) is 3.43. The van der Waals surface area contributed by atoms with E-state index in [0.29, 0.717) is 6.04 Å². The van der Waals surface area contributed by atoms with Crippen LogP contribution in [0.3, 0.4) is 0 Å². The van der Waals surface area contributed by atoms with Crippen LogP contribution in [0, 0.1) is 0 Å². The molecule has 2 aliphatic heterocycles. The number of hydrogen-bond donors (Lipinski definition) is 0. The summed E-state index contributed by atoms with van der Waals surface area (Å²) in [6.45, 7) is 7.07. The van der Waals surface area contributed by atoms with Gasteiger partial charge >= 0.3 is 0 Å². The molecule has 2 aromatic heterocycles. The summed E-state index contributed by atoms with van der Waals surface area (Å²) in [5.74, 6) is 1.92. The first-order valence-electron chi connectivity index (χ1n) is 8.84. The second-order valence-corrected chi connectivity index (χ2v) is 6.82. The van der Waals surface area contributed by atoms with Gasteiger partial charge in [-0.1, -0.05) is 6.07 Å². The second-order valence-electron chi connectivity index (χ2n) is 6.82. The van der Waals surface area contributed by atoms with E-state index in [1.807, 2.05) is 18.3 Å². The Labute approximate surface area is 147 Å². The number of piperazine rings is 1. The first kappa shape index (κ1) is 16.2. The van der Waals surface area contributed by atoms with Gasteiger partial charge in [-0.3, -0.25) is 19.2 Å². The number of pyridine rings is 1. The fourth-order valence-corrected chi connectivity index (χ4v) is 3.62. The van der Waals surface area contributed by atoms with Gasteiger partial charge in [-0.05, 0) is 12.1 Å². The van der Waals surface area contributed by atoms with Crippen molar-refractivity contribution in [3.63, 3.8) is 0 Å². The fourth-order valence-electron chi connectivity index (χ4n) is 3.62. The molecule has 0 aromatic carbocycles. The van der Waals surface area contributed by atoms with Gasteiger partial charge in [0.2, 0.25) is 0 Å². The smallest absolute Gasteiger partial charge is 0.253 e. The number of likely N-dealkylation sites (tertiary alicyclic amines) is 1. The quantitative estimate of drug-likeness (QED) is 0.792. The van der Waals surface area contributed by atoms with Crippen LogP contribution in [0.4, 0.5) is 5.82 Å². The van der Waals surface area contributed by atoms with Crippen LogP contribution >= 0.6 is 0 Å². The largest absolute Gasteiger partial charge is 0.354 e. The molecule has 7 nitrogen and oxygen atoms in total. The van der Waals surface area contributed by atoms with Crippen LogP contribution in [-0.2, 0) is 13.6 Å². The molecule has 0 aliphatic carbocycles. The van der Waals surface area contributed by atoms with Crippen molar-refractivity contribution >= 4 is 5.82 Å². The molecule has 0 bridgehead atoms. The van der Waals surface area contributed by atoms with Crippen molar-refractivity contribution in [1.29, 1.82) is 0 Å². The van der Waals surface area contributed by atoms with Crippen molar-refractivity contribution in [2.24, 2.45) is 7.05 Å². The lowest BCUT2D eigenvalue weighted by molar-refractivity contribution is 0.0232. The Kier molecular flexibility index (Phi) is 4.50. The molecule has 2 saturated heterocycles.